The zero-order valence-corrected chi connectivity index (χ0v) is 16.6. The van der Waals surface area contributed by atoms with Crippen LogP contribution in [0.4, 0.5) is 16.2 Å². The smallest absolute Gasteiger partial charge is 0.410 e. The predicted octanol–water partition coefficient (Wildman–Crippen LogP) is 4.48. The van der Waals surface area contributed by atoms with Gasteiger partial charge in [0.25, 0.3) is 5.69 Å². The molecule has 1 heterocycles. The van der Waals surface area contributed by atoms with Crippen LogP contribution < -0.4 is 5.32 Å². The normalized spacial score (nSPS) is 18.0. The highest BCUT2D eigenvalue weighted by atomic mass is 79.9. The summed E-state index contributed by atoms with van der Waals surface area (Å²) in [6.07, 6.45) is 1.31. The average molecular weight is 414 g/mol. The number of ether oxygens (including phenoxy) is 1. The van der Waals surface area contributed by atoms with Crippen LogP contribution in [0.3, 0.4) is 0 Å². The van der Waals surface area contributed by atoms with Crippen LogP contribution in [0.1, 0.15) is 39.2 Å². The molecule has 0 spiro atoms. The summed E-state index contributed by atoms with van der Waals surface area (Å²) in [7, 11) is 0. The molecule has 25 heavy (non-hydrogen) atoms. The SMILES string of the molecule is Cc1cc(NC2CCCN(C(=O)OC(C)(C)C)C2)c([N+](=O)[O-])cc1Br. The topological polar surface area (TPSA) is 84.7 Å². The van der Waals surface area contributed by atoms with Crippen molar-refractivity contribution in [3.63, 3.8) is 0 Å². The fraction of sp³-hybridized carbons (Fsp3) is 0.588. The number of piperidine rings is 1. The first kappa shape index (κ1) is 19.5. The summed E-state index contributed by atoms with van der Waals surface area (Å²) in [5, 5.41) is 14.6. The molecule has 1 aromatic rings. The van der Waals surface area contributed by atoms with Gasteiger partial charge in [0.05, 0.1) is 4.92 Å². The summed E-state index contributed by atoms with van der Waals surface area (Å²) in [5.41, 5.74) is 0.862. The van der Waals surface area contributed by atoms with Gasteiger partial charge in [-0.1, -0.05) is 15.9 Å². The molecular formula is C17H24BrN3O4. The van der Waals surface area contributed by atoms with Gasteiger partial charge in [0.2, 0.25) is 0 Å². The van der Waals surface area contributed by atoms with Crippen molar-refractivity contribution in [2.75, 3.05) is 18.4 Å². The lowest BCUT2D eigenvalue weighted by Crippen LogP contribution is -2.47. The number of anilines is 1. The van der Waals surface area contributed by atoms with Gasteiger partial charge < -0.3 is 15.0 Å². The molecule has 1 aliphatic rings. The van der Waals surface area contributed by atoms with Crippen molar-refractivity contribution in [1.82, 2.24) is 4.90 Å². The number of nitro groups is 1. The van der Waals surface area contributed by atoms with Crippen molar-refractivity contribution in [3.05, 3.63) is 32.3 Å². The average Bonchev–Trinajstić information content (AvgIpc) is 2.49. The molecular weight excluding hydrogens is 390 g/mol. The fourth-order valence-corrected chi connectivity index (χ4v) is 3.08. The molecule has 138 valence electrons. The van der Waals surface area contributed by atoms with Crippen LogP contribution in [-0.4, -0.2) is 40.6 Å². The molecule has 1 atom stereocenters. The lowest BCUT2D eigenvalue weighted by molar-refractivity contribution is -0.384. The maximum Gasteiger partial charge on any atom is 0.410 e. The van der Waals surface area contributed by atoms with Gasteiger partial charge in [-0.05, 0) is 52.2 Å². The number of halogens is 1. The summed E-state index contributed by atoms with van der Waals surface area (Å²) in [5.74, 6) is 0. The quantitative estimate of drug-likeness (QED) is 0.583. The Kier molecular flexibility index (Phi) is 5.92. The van der Waals surface area contributed by atoms with E-state index < -0.39 is 10.5 Å². The maximum atomic E-state index is 12.2. The second-order valence-corrected chi connectivity index (χ2v) is 8.14. The predicted molar refractivity (Wildman–Crippen MR) is 100.0 cm³/mol. The van der Waals surface area contributed by atoms with Gasteiger partial charge in [-0.3, -0.25) is 10.1 Å². The van der Waals surface area contributed by atoms with Crippen molar-refractivity contribution in [1.29, 1.82) is 0 Å². The molecule has 7 nitrogen and oxygen atoms in total. The Hall–Kier alpha value is -1.83. The molecule has 0 aromatic heterocycles. The second kappa shape index (κ2) is 7.59. The van der Waals surface area contributed by atoms with Crippen molar-refractivity contribution in [2.24, 2.45) is 0 Å². The number of hydrogen-bond donors (Lipinski definition) is 1. The number of aryl methyl sites for hydroxylation is 1. The van der Waals surface area contributed by atoms with Crippen molar-refractivity contribution < 1.29 is 14.5 Å². The zero-order chi connectivity index (χ0) is 18.8. The molecule has 0 aliphatic carbocycles. The van der Waals surface area contributed by atoms with Crippen LogP contribution in [-0.2, 0) is 4.74 Å². The molecule has 1 amide bonds. The molecule has 8 heteroatoms. The van der Waals surface area contributed by atoms with Crippen molar-refractivity contribution in [3.8, 4) is 0 Å². The minimum absolute atomic E-state index is 0.0202. The molecule has 0 bridgehead atoms. The number of hydrogen-bond acceptors (Lipinski definition) is 5. The molecule has 1 N–H and O–H groups in total. The number of carbonyl (C=O) groups excluding carboxylic acids is 1. The molecule has 1 fully saturated rings. The minimum atomic E-state index is -0.543. The molecule has 1 aromatic carbocycles. The van der Waals surface area contributed by atoms with E-state index in [4.69, 9.17) is 4.74 Å². The van der Waals surface area contributed by atoms with E-state index >= 15 is 0 Å². The zero-order valence-electron chi connectivity index (χ0n) is 15.0. The van der Waals surface area contributed by atoms with Gasteiger partial charge >= 0.3 is 6.09 Å². The third kappa shape index (κ3) is 5.32. The first-order chi connectivity index (χ1) is 11.6. The molecule has 0 radical (unpaired) electrons. The second-order valence-electron chi connectivity index (χ2n) is 7.29. The Bertz CT molecular complexity index is 673. The van der Waals surface area contributed by atoms with Crippen LogP contribution in [0.25, 0.3) is 0 Å². The van der Waals surface area contributed by atoms with E-state index in [9.17, 15) is 14.9 Å². The van der Waals surface area contributed by atoms with E-state index in [1.54, 1.807) is 11.0 Å². The number of carbonyl (C=O) groups is 1. The standard InChI is InChI=1S/C17H24BrN3O4/c1-11-8-14(15(21(23)24)9-13(11)18)19-12-6-5-7-20(10-12)16(22)25-17(2,3)4/h8-9,12,19H,5-7,10H2,1-4H3. The Morgan fingerprint density at radius 1 is 1.44 bits per heavy atom. The van der Waals surface area contributed by atoms with E-state index in [1.165, 1.54) is 6.07 Å². The van der Waals surface area contributed by atoms with Crippen LogP contribution >= 0.6 is 15.9 Å². The summed E-state index contributed by atoms with van der Waals surface area (Å²) >= 11 is 3.33. The largest absolute Gasteiger partial charge is 0.444 e. The lowest BCUT2D eigenvalue weighted by atomic mass is 10.0. The highest BCUT2D eigenvalue weighted by molar-refractivity contribution is 9.10. The molecule has 2 rings (SSSR count). The summed E-state index contributed by atoms with van der Waals surface area (Å²) in [4.78, 5) is 24.8. The van der Waals surface area contributed by atoms with Crippen LogP contribution in [0.2, 0.25) is 0 Å². The van der Waals surface area contributed by atoms with Gasteiger partial charge in [0.1, 0.15) is 11.3 Å². The lowest BCUT2D eigenvalue weighted by Gasteiger charge is -2.34. The van der Waals surface area contributed by atoms with Gasteiger partial charge in [0, 0.05) is 29.7 Å². The molecule has 1 aliphatic heterocycles. The fourth-order valence-electron chi connectivity index (χ4n) is 2.74. The van der Waals surface area contributed by atoms with E-state index in [0.29, 0.717) is 23.2 Å². The number of nitrogens with zero attached hydrogens (tertiary/aromatic N) is 2. The summed E-state index contributed by atoms with van der Waals surface area (Å²) in [6.45, 7) is 8.47. The third-order valence-corrected chi connectivity index (χ3v) is 4.76. The van der Waals surface area contributed by atoms with Gasteiger partial charge in [-0.2, -0.15) is 0 Å². The minimum Gasteiger partial charge on any atom is -0.444 e. The van der Waals surface area contributed by atoms with Crippen LogP contribution in [0, 0.1) is 17.0 Å². The third-order valence-electron chi connectivity index (χ3n) is 3.91. The maximum absolute atomic E-state index is 12.2. The highest BCUT2D eigenvalue weighted by Gasteiger charge is 2.29. The van der Waals surface area contributed by atoms with Crippen molar-refractivity contribution in [2.45, 2.75) is 52.2 Å². The number of likely N-dealkylation sites (tertiary alicyclic amines) is 1. The first-order valence-electron chi connectivity index (χ1n) is 8.26. The Labute approximate surface area is 156 Å². The Morgan fingerprint density at radius 3 is 2.72 bits per heavy atom. The number of nitro benzene ring substituents is 1. The van der Waals surface area contributed by atoms with Crippen LogP contribution in [0.5, 0.6) is 0 Å². The summed E-state index contributed by atoms with van der Waals surface area (Å²) in [6, 6.07) is 3.21. The number of nitrogens with one attached hydrogen (secondary N) is 1. The van der Waals surface area contributed by atoms with Gasteiger partial charge in [0.15, 0.2) is 0 Å². The Balaban J connectivity index is 2.12. The molecule has 1 saturated heterocycles. The number of rotatable bonds is 3. The van der Waals surface area contributed by atoms with E-state index in [0.717, 1.165) is 18.4 Å². The first-order valence-corrected chi connectivity index (χ1v) is 9.05. The van der Waals surface area contributed by atoms with Crippen LogP contribution in [0.15, 0.2) is 16.6 Å². The molecule has 0 saturated carbocycles. The Morgan fingerprint density at radius 2 is 2.12 bits per heavy atom. The van der Waals surface area contributed by atoms with Gasteiger partial charge in [-0.25, -0.2) is 4.79 Å². The van der Waals surface area contributed by atoms with E-state index in [1.807, 2.05) is 27.7 Å². The number of benzene rings is 1. The van der Waals surface area contributed by atoms with Crippen molar-refractivity contribution >= 4 is 33.4 Å². The number of amides is 1. The highest BCUT2D eigenvalue weighted by Crippen LogP contribution is 2.32. The molecule has 1 unspecified atom stereocenters. The monoisotopic (exact) mass is 413 g/mol. The van der Waals surface area contributed by atoms with Gasteiger partial charge in [-0.15, -0.1) is 0 Å². The van der Waals surface area contributed by atoms with E-state index in [-0.39, 0.29) is 17.8 Å². The summed E-state index contributed by atoms with van der Waals surface area (Å²) < 4.78 is 6.12. The van der Waals surface area contributed by atoms with E-state index in [2.05, 4.69) is 21.2 Å².